The molecule has 7 nitrogen and oxygen atoms in total. The van der Waals surface area contributed by atoms with Crippen molar-refractivity contribution in [2.75, 3.05) is 57.4 Å². The number of aromatic nitrogens is 1. The van der Waals surface area contributed by atoms with Crippen molar-refractivity contribution in [3.63, 3.8) is 0 Å². The van der Waals surface area contributed by atoms with Gasteiger partial charge in [-0.25, -0.2) is 4.39 Å². The van der Waals surface area contributed by atoms with E-state index >= 15 is 0 Å². The first kappa shape index (κ1) is 28.6. The monoisotopic (exact) mass is 525 g/mol. The molecule has 208 valence electrons. The summed E-state index contributed by atoms with van der Waals surface area (Å²) in [6.07, 6.45) is 2.53. The largest absolute Gasteiger partial charge is 0.379 e. The van der Waals surface area contributed by atoms with Crippen LogP contribution < -0.4 is 10.2 Å². The molecule has 8 heteroatoms. The van der Waals surface area contributed by atoms with Gasteiger partial charge in [-0.15, -0.1) is 0 Å². The van der Waals surface area contributed by atoms with E-state index < -0.39 is 0 Å². The molecular weight excluding hydrogens is 481 g/mol. The molecule has 1 aromatic heterocycles. The van der Waals surface area contributed by atoms with Crippen molar-refractivity contribution in [3.05, 3.63) is 59.2 Å². The van der Waals surface area contributed by atoms with Crippen LogP contribution in [0.1, 0.15) is 51.9 Å². The lowest BCUT2D eigenvalue weighted by molar-refractivity contribution is -0.121. The minimum Gasteiger partial charge on any atom is -0.379 e. The first-order valence-electron chi connectivity index (χ1n) is 13.5. The van der Waals surface area contributed by atoms with Gasteiger partial charge in [-0.3, -0.25) is 19.6 Å². The predicted molar refractivity (Wildman–Crippen MR) is 150 cm³/mol. The van der Waals surface area contributed by atoms with Crippen molar-refractivity contribution >= 4 is 11.6 Å². The third-order valence-corrected chi connectivity index (χ3v) is 8.13. The summed E-state index contributed by atoms with van der Waals surface area (Å²) in [5.74, 6) is -0.104. The van der Waals surface area contributed by atoms with Crippen LogP contribution in [0.3, 0.4) is 0 Å². The summed E-state index contributed by atoms with van der Waals surface area (Å²) in [7, 11) is 0. The van der Waals surface area contributed by atoms with Crippen LogP contribution >= 0.6 is 0 Å². The van der Waals surface area contributed by atoms with Gasteiger partial charge < -0.3 is 15.0 Å². The first-order valence-corrected chi connectivity index (χ1v) is 13.5. The molecule has 3 aliphatic heterocycles. The Morgan fingerprint density at radius 1 is 1.21 bits per heavy atom. The number of morpholine rings is 1. The van der Waals surface area contributed by atoms with Crippen LogP contribution in [0.5, 0.6) is 0 Å². The number of nitrogens with one attached hydrogen (secondary N) is 1. The highest BCUT2D eigenvalue weighted by atomic mass is 19.1. The van der Waals surface area contributed by atoms with Crippen molar-refractivity contribution in [2.45, 2.75) is 65.1 Å². The number of hydrogen-bond acceptors (Lipinski definition) is 6. The molecular formula is C30H44FN5O2. The topological polar surface area (TPSA) is 60.9 Å². The van der Waals surface area contributed by atoms with E-state index in [0.717, 1.165) is 61.9 Å². The van der Waals surface area contributed by atoms with E-state index in [2.05, 4.69) is 48.9 Å². The molecule has 1 amide bonds. The van der Waals surface area contributed by atoms with Crippen LogP contribution in [-0.2, 0) is 21.4 Å². The lowest BCUT2D eigenvalue weighted by atomic mass is 9.88. The van der Waals surface area contributed by atoms with Crippen LogP contribution in [0.25, 0.3) is 0 Å². The van der Waals surface area contributed by atoms with Crippen LogP contribution in [-0.4, -0.2) is 91.3 Å². The predicted octanol–water partition coefficient (Wildman–Crippen LogP) is 3.45. The van der Waals surface area contributed by atoms with Gasteiger partial charge in [0.25, 0.3) is 0 Å². The molecule has 0 aliphatic carbocycles. The van der Waals surface area contributed by atoms with Crippen molar-refractivity contribution in [3.8, 4) is 0 Å². The fraction of sp³-hybridized carbons (Fsp3) is 0.600. The molecule has 2 saturated heterocycles. The number of carbonyl (C=O) groups excluding carboxylic acids is 1. The number of benzene rings is 1. The SMILES string of the molecule is C.C[C@@H]1CN(CC(=O)N2CC(C)(C)c3cnc(Cc4ccc(F)cc4)cc32)[C@@H](CN2CCOC[C@H]2C)CN1. The Kier molecular flexibility index (Phi) is 8.87. The zero-order valence-electron chi connectivity index (χ0n) is 22.5. The van der Waals surface area contributed by atoms with E-state index in [0.29, 0.717) is 31.6 Å². The van der Waals surface area contributed by atoms with Gasteiger partial charge in [-0.1, -0.05) is 33.4 Å². The number of nitrogens with zero attached hydrogens (tertiary/aromatic N) is 4. The van der Waals surface area contributed by atoms with E-state index in [-0.39, 0.29) is 30.6 Å². The van der Waals surface area contributed by atoms with Gasteiger partial charge in [-0.05, 0) is 37.6 Å². The highest BCUT2D eigenvalue weighted by molar-refractivity contribution is 5.97. The summed E-state index contributed by atoms with van der Waals surface area (Å²) < 4.78 is 19.0. The molecule has 2 aromatic rings. The summed E-state index contributed by atoms with van der Waals surface area (Å²) in [4.78, 5) is 25.4. The van der Waals surface area contributed by atoms with E-state index in [9.17, 15) is 9.18 Å². The maximum absolute atomic E-state index is 13.8. The van der Waals surface area contributed by atoms with E-state index in [1.807, 2.05) is 11.1 Å². The third kappa shape index (κ3) is 6.25. The second kappa shape index (κ2) is 11.8. The molecule has 0 bridgehead atoms. The molecule has 2 fully saturated rings. The van der Waals surface area contributed by atoms with E-state index in [4.69, 9.17) is 9.72 Å². The lowest BCUT2D eigenvalue weighted by Gasteiger charge is -2.43. The summed E-state index contributed by atoms with van der Waals surface area (Å²) in [5, 5.41) is 3.62. The lowest BCUT2D eigenvalue weighted by Crippen LogP contribution is -2.62. The number of piperazine rings is 1. The summed E-state index contributed by atoms with van der Waals surface area (Å²) in [6.45, 7) is 15.0. The molecule has 0 unspecified atom stereocenters. The quantitative estimate of drug-likeness (QED) is 0.624. The standard InChI is InChI=1S/C29H40FN5O2.CH4/c1-20-15-34(25(13-31-20)16-33-9-10-37-18-21(33)2)17-28(36)35-19-29(3,4)26-14-32-24(12-27(26)35)11-22-5-7-23(30)8-6-22;/h5-8,12,14,20-21,25,31H,9-11,13,15-19H2,1-4H3;1H4/t20-,21-,25-;/m1./s1. The fourth-order valence-corrected chi connectivity index (χ4v) is 5.90. The first-order chi connectivity index (χ1) is 17.7. The van der Waals surface area contributed by atoms with Crippen LogP contribution in [0.15, 0.2) is 36.5 Å². The van der Waals surface area contributed by atoms with E-state index in [1.54, 1.807) is 12.1 Å². The van der Waals surface area contributed by atoms with Gasteiger partial charge in [0.15, 0.2) is 0 Å². The van der Waals surface area contributed by atoms with Gasteiger partial charge in [-0.2, -0.15) is 0 Å². The number of fused-ring (bicyclic) bond motifs is 1. The number of ether oxygens (including phenoxy) is 1. The fourth-order valence-electron chi connectivity index (χ4n) is 5.90. The van der Waals surface area contributed by atoms with Crippen molar-refractivity contribution in [1.82, 2.24) is 20.1 Å². The Labute approximate surface area is 227 Å². The van der Waals surface area contributed by atoms with Crippen molar-refractivity contribution in [2.24, 2.45) is 0 Å². The molecule has 3 aliphatic rings. The Balaban J connectivity index is 0.00000336. The zero-order valence-corrected chi connectivity index (χ0v) is 22.5. The molecule has 1 aromatic carbocycles. The van der Waals surface area contributed by atoms with Gasteiger partial charge in [0.1, 0.15) is 5.82 Å². The Bertz CT molecular complexity index is 1110. The van der Waals surface area contributed by atoms with Crippen LogP contribution in [0.4, 0.5) is 10.1 Å². The van der Waals surface area contributed by atoms with Crippen LogP contribution in [0, 0.1) is 5.82 Å². The Morgan fingerprint density at radius 3 is 2.71 bits per heavy atom. The molecule has 0 radical (unpaired) electrons. The molecule has 38 heavy (non-hydrogen) atoms. The van der Waals surface area contributed by atoms with Gasteiger partial charge in [0.2, 0.25) is 5.91 Å². The van der Waals surface area contributed by atoms with Crippen molar-refractivity contribution < 1.29 is 13.9 Å². The molecule has 0 saturated carbocycles. The van der Waals surface area contributed by atoms with Crippen LogP contribution in [0.2, 0.25) is 0 Å². The number of hydrogen-bond donors (Lipinski definition) is 1. The number of pyridine rings is 1. The summed E-state index contributed by atoms with van der Waals surface area (Å²) in [6, 6.07) is 9.61. The number of anilines is 1. The number of rotatable bonds is 6. The smallest absolute Gasteiger partial charge is 0.241 e. The molecule has 5 rings (SSSR count). The average Bonchev–Trinajstić information content (AvgIpc) is 3.14. The Hall–Kier alpha value is -2.39. The maximum Gasteiger partial charge on any atom is 0.241 e. The summed E-state index contributed by atoms with van der Waals surface area (Å²) >= 11 is 0. The van der Waals surface area contributed by atoms with Gasteiger partial charge in [0.05, 0.1) is 25.4 Å². The summed E-state index contributed by atoms with van der Waals surface area (Å²) in [5.41, 5.74) is 3.79. The molecule has 4 heterocycles. The van der Waals surface area contributed by atoms with Crippen molar-refractivity contribution in [1.29, 1.82) is 0 Å². The Morgan fingerprint density at radius 2 is 1.97 bits per heavy atom. The number of carbonyl (C=O) groups is 1. The van der Waals surface area contributed by atoms with Gasteiger partial charge in [0, 0.05) is 80.1 Å². The maximum atomic E-state index is 13.8. The normalized spacial score (nSPS) is 25.6. The number of amides is 1. The molecule has 1 N–H and O–H groups in total. The minimum atomic E-state index is -0.243. The highest BCUT2D eigenvalue weighted by Gasteiger charge is 2.40. The highest BCUT2D eigenvalue weighted by Crippen LogP contribution is 2.40. The zero-order chi connectivity index (χ0) is 26.2. The second-order valence-corrected chi connectivity index (χ2v) is 11.7. The minimum absolute atomic E-state index is 0. The number of halogens is 1. The molecule has 0 spiro atoms. The van der Waals surface area contributed by atoms with Gasteiger partial charge >= 0.3 is 0 Å². The average molecular weight is 526 g/mol. The molecule has 3 atom stereocenters. The third-order valence-electron chi connectivity index (χ3n) is 8.13. The van der Waals surface area contributed by atoms with E-state index in [1.165, 1.54) is 12.1 Å². The second-order valence-electron chi connectivity index (χ2n) is 11.7.